The Kier molecular flexibility index (Phi) is 6.82. The Morgan fingerprint density at radius 3 is 1.78 bits per heavy atom. The van der Waals surface area contributed by atoms with E-state index in [2.05, 4.69) is 146 Å². The zero-order valence-corrected chi connectivity index (χ0v) is 28.2. The Morgan fingerprint density at radius 1 is 0.380 bits per heavy atom. The highest BCUT2D eigenvalue weighted by molar-refractivity contribution is 7.26. The average Bonchev–Trinajstić information content (AvgIpc) is 3.79. The fraction of sp³-hybridized carbons (Fsp3) is 0. The summed E-state index contributed by atoms with van der Waals surface area (Å²) in [5.41, 5.74) is 7.24. The number of thiophene rings is 1. The van der Waals surface area contributed by atoms with Crippen molar-refractivity contribution >= 4 is 63.8 Å². The molecule has 50 heavy (non-hydrogen) atoms. The Hall–Kier alpha value is -6.08. The predicted octanol–water partition coefficient (Wildman–Crippen LogP) is 12.3. The van der Waals surface area contributed by atoms with Gasteiger partial charge in [0.1, 0.15) is 5.01 Å². The van der Waals surface area contributed by atoms with Gasteiger partial charge in [-0.05, 0) is 40.1 Å². The van der Waals surface area contributed by atoms with Gasteiger partial charge in [-0.2, -0.15) is 0 Å². The van der Waals surface area contributed by atoms with Crippen LogP contribution in [0.2, 0.25) is 0 Å². The van der Waals surface area contributed by atoms with E-state index in [1.54, 1.807) is 22.7 Å². The van der Waals surface area contributed by atoms with E-state index in [0.29, 0.717) is 17.5 Å². The van der Waals surface area contributed by atoms with Gasteiger partial charge in [0.2, 0.25) is 0 Å². The van der Waals surface area contributed by atoms with E-state index in [0.717, 1.165) is 53.8 Å². The summed E-state index contributed by atoms with van der Waals surface area (Å²) in [6.07, 6.45) is 0. The second kappa shape index (κ2) is 11.8. The number of hydrogen-bond donors (Lipinski definition) is 0. The van der Waals surface area contributed by atoms with Crippen molar-refractivity contribution in [3.05, 3.63) is 158 Å². The lowest BCUT2D eigenvalue weighted by molar-refractivity contribution is 1.08. The summed E-state index contributed by atoms with van der Waals surface area (Å²) in [4.78, 5) is 20.9. The van der Waals surface area contributed by atoms with Gasteiger partial charge in [-0.15, -0.1) is 22.7 Å². The molecule has 0 aliphatic heterocycles. The maximum atomic E-state index is 5.30. The molecule has 234 valence electrons. The number of thiazole rings is 1. The van der Waals surface area contributed by atoms with Crippen molar-refractivity contribution in [1.82, 2.24) is 19.9 Å². The Balaban J connectivity index is 1.25. The first kappa shape index (κ1) is 28.9. The molecule has 3 aromatic heterocycles. The minimum Gasteiger partial charge on any atom is -0.236 e. The lowest BCUT2D eigenvalue weighted by Crippen LogP contribution is -2.00. The van der Waals surface area contributed by atoms with Crippen LogP contribution in [0.1, 0.15) is 0 Å². The summed E-state index contributed by atoms with van der Waals surface area (Å²) in [6.45, 7) is 0. The molecule has 0 spiro atoms. The molecule has 0 aliphatic rings. The van der Waals surface area contributed by atoms with Crippen LogP contribution < -0.4 is 0 Å². The van der Waals surface area contributed by atoms with Gasteiger partial charge in [-0.1, -0.05) is 140 Å². The molecule has 0 saturated carbocycles. The van der Waals surface area contributed by atoms with Crippen LogP contribution in [0.15, 0.2) is 158 Å². The van der Waals surface area contributed by atoms with Crippen molar-refractivity contribution in [2.75, 3.05) is 0 Å². The largest absolute Gasteiger partial charge is 0.236 e. The number of rotatable bonds is 5. The third kappa shape index (κ3) is 4.96. The monoisotopic (exact) mass is 674 g/mol. The second-order valence-electron chi connectivity index (χ2n) is 12.3. The van der Waals surface area contributed by atoms with Crippen LogP contribution in [-0.2, 0) is 0 Å². The minimum atomic E-state index is 0.634. The van der Waals surface area contributed by atoms with Crippen molar-refractivity contribution < 1.29 is 0 Å². The fourth-order valence-electron chi connectivity index (χ4n) is 6.70. The van der Waals surface area contributed by atoms with Gasteiger partial charge in [-0.25, -0.2) is 19.9 Å². The van der Waals surface area contributed by atoms with E-state index in [1.165, 1.54) is 25.7 Å². The SMILES string of the molecule is c1ccc(-c2ccc(-c3nc(-c4ccc5ccccc5c4)nc(-c4c5sc(-c6ccccc6)nc5cc5sc6ccccc6c45)n3)cc2)cc1. The lowest BCUT2D eigenvalue weighted by atomic mass is 10.0. The molecule has 0 atom stereocenters. The summed E-state index contributed by atoms with van der Waals surface area (Å²) in [5, 5.41) is 5.65. The van der Waals surface area contributed by atoms with Gasteiger partial charge in [0.25, 0.3) is 0 Å². The van der Waals surface area contributed by atoms with E-state index in [1.807, 2.05) is 12.1 Å². The first-order valence-electron chi connectivity index (χ1n) is 16.5. The second-order valence-corrected chi connectivity index (χ2v) is 14.4. The van der Waals surface area contributed by atoms with E-state index in [4.69, 9.17) is 19.9 Å². The Labute approximate surface area is 296 Å². The molecule has 0 fully saturated rings. The standard InChI is InChI=1S/C44H26N4S2/c1-3-11-27(12-4-1)29-19-22-30(23-20-29)41-46-42(33-24-21-28-13-7-8-16-32(28)25-33)48-43(47-41)39-38-34-17-9-10-18-36(34)49-37(38)26-35-40(39)50-44(45-35)31-14-5-2-6-15-31/h1-26H. The fourth-order valence-corrected chi connectivity index (χ4v) is 8.95. The highest BCUT2D eigenvalue weighted by Crippen LogP contribution is 2.46. The van der Waals surface area contributed by atoms with Gasteiger partial charge < -0.3 is 0 Å². The van der Waals surface area contributed by atoms with Crippen LogP contribution in [0.5, 0.6) is 0 Å². The number of fused-ring (bicyclic) bond motifs is 5. The molecular formula is C44H26N4S2. The molecule has 10 rings (SSSR count). The maximum Gasteiger partial charge on any atom is 0.166 e. The van der Waals surface area contributed by atoms with E-state index >= 15 is 0 Å². The molecule has 6 heteroatoms. The molecule has 3 heterocycles. The van der Waals surface area contributed by atoms with Crippen molar-refractivity contribution in [1.29, 1.82) is 0 Å². The van der Waals surface area contributed by atoms with Crippen LogP contribution >= 0.6 is 22.7 Å². The molecule has 0 amide bonds. The first-order chi connectivity index (χ1) is 24.7. The van der Waals surface area contributed by atoms with E-state index < -0.39 is 0 Å². The molecule has 0 radical (unpaired) electrons. The predicted molar refractivity (Wildman–Crippen MR) is 211 cm³/mol. The Morgan fingerprint density at radius 2 is 0.980 bits per heavy atom. The number of nitrogens with zero attached hydrogens (tertiary/aromatic N) is 4. The minimum absolute atomic E-state index is 0.634. The number of aromatic nitrogens is 4. The third-order valence-electron chi connectivity index (χ3n) is 9.16. The summed E-state index contributed by atoms with van der Waals surface area (Å²) < 4.78 is 3.46. The highest BCUT2D eigenvalue weighted by Gasteiger charge is 2.23. The summed E-state index contributed by atoms with van der Waals surface area (Å²) in [5.74, 6) is 1.92. The molecule has 4 nitrogen and oxygen atoms in total. The maximum absolute atomic E-state index is 5.30. The summed E-state index contributed by atoms with van der Waals surface area (Å²) in [6, 6.07) is 55.0. The molecular weight excluding hydrogens is 649 g/mol. The van der Waals surface area contributed by atoms with Gasteiger partial charge in [0.05, 0.1) is 10.2 Å². The average molecular weight is 675 g/mol. The summed E-state index contributed by atoms with van der Waals surface area (Å²) >= 11 is 3.48. The van der Waals surface area contributed by atoms with Crippen LogP contribution in [0.25, 0.3) is 97.0 Å². The Bertz CT molecular complexity index is 2860. The molecule has 0 N–H and O–H groups in total. The topological polar surface area (TPSA) is 51.6 Å². The molecule has 0 saturated heterocycles. The zero-order chi connectivity index (χ0) is 33.0. The lowest BCUT2D eigenvalue weighted by Gasteiger charge is -2.11. The van der Waals surface area contributed by atoms with E-state index in [-0.39, 0.29) is 0 Å². The van der Waals surface area contributed by atoms with Gasteiger partial charge >= 0.3 is 0 Å². The quantitative estimate of drug-likeness (QED) is 0.182. The van der Waals surface area contributed by atoms with Gasteiger partial charge in [0.15, 0.2) is 17.5 Å². The van der Waals surface area contributed by atoms with Crippen LogP contribution in [0.4, 0.5) is 0 Å². The van der Waals surface area contributed by atoms with Crippen LogP contribution in [-0.4, -0.2) is 19.9 Å². The first-order valence-corrected chi connectivity index (χ1v) is 18.1. The molecule has 10 aromatic rings. The normalized spacial score (nSPS) is 11.6. The summed E-state index contributed by atoms with van der Waals surface area (Å²) in [7, 11) is 0. The van der Waals surface area contributed by atoms with Gasteiger partial charge in [-0.3, -0.25) is 0 Å². The van der Waals surface area contributed by atoms with Gasteiger partial charge in [0, 0.05) is 42.4 Å². The van der Waals surface area contributed by atoms with Crippen molar-refractivity contribution in [3.63, 3.8) is 0 Å². The highest BCUT2D eigenvalue weighted by atomic mass is 32.1. The molecule has 0 aliphatic carbocycles. The number of hydrogen-bond acceptors (Lipinski definition) is 6. The van der Waals surface area contributed by atoms with Crippen LogP contribution in [0, 0.1) is 0 Å². The van der Waals surface area contributed by atoms with Crippen LogP contribution in [0.3, 0.4) is 0 Å². The third-order valence-corrected chi connectivity index (χ3v) is 11.4. The van der Waals surface area contributed by atoms with E-state index in [9.17, 15) is 0 Å². The number of benzene rings is 7. The zero-order valence-electron chi connectivity index (χ0n) is 26.6. The van der Waals surface area contributed by atoms with Crippen molar-refractivity contribution in [3.8, 4) is 55.9 Å². The smallest absolute Gasteiger partial charge is 0.166 e. The molecule has 0 unspecified atom stereocenters. The van der Waals surface area contributed by atoms with Crippen molar-refractivity contribution in [2.45, 2.75) is 0 Å². The molecule has 7 aromatic carbocycles. The molecule has 0 bridgehead atoms. The van der Waals surface area contributed by atoms with Crippen molar-refractivity contribution in [2.24, 2.45) is 0 Å².